The number of rotatable bonds is 6. The van der Waals surface area contributed by atoms with Gasteiger partial charge in [0.1, 0.15) is 5.75 Å². The van der Waals surface area contributed by atoms with Crippen molar-refractivity contribution in [3.8, 4) is 5.75 Å². The normalized spacial score (nSPS) is 29.3. The molecule has 8 nitrogen and oxygen atoms in total. The van der Waals surface area contributed by atoms with Crippen LogP contribution in [0.25, 0.3) is 0 Å². The van der Waals surface area contributed by atoms with Crippen LogP contribution >= 0.6 is 50.6 Å². The van der Waals surface area contributed by atoms with Gasteiger partial charge in [-0.05, 0) is 73.6 Å². The van der Waals surface area contributed by atoms with Crippen molar-refractivity contribution in [1.82, 2.24) is 4.98 Å². The van der Waals surface area contributed by atoms with E-state index < -0.39 is 17.8 Å². The number of H-pyrrole nitrogens is 1. The predicted octanol–water partition coefficient (Wildman–Crippen LogP) is 5.47. The zero-order valence-corrected chi connectivity index (χ0v) is 25.6. The summed E-state index contributed by atoms with van der Waals surface area (Å²) >= 11 is 12.7. The molecule has 3 aromatic rings. The molecule has 1 N–H and O–H groups in total. The van der Waals surface area contributed by atoms with E-state index in [1.54, 1.807) is 43.0 Å². The van der Waals surface area contributed by atoms with Crippen LogP contribution in [0, 0.1) is 29.6 Å². The number of thioether (sulfide) groups is 1. The van der Waals surface area contributed by atoms with E-state index in [0.29, 0.717) is 16.5 Å². The molecule has 2 aliphatic carbocycles. The number of carbonyl (C=O) groups excluding carboxylic acids is 3. The Morgan fingerprint density at radius 2 is 1.83 bits per heavy atom. The van der Waals surface area contributed by atoms with Crippen LogP contribution in [-0.2, 0) is 19.1 Å². The lowest BCUT2D eigenvalue weighted by Crippen LogP contribution is -2.42. The highest BCUT2D eigenvalue weighted by Gasteiger charge is 2.69. The largest absolute Gasteiger partial charge is 0.482 e. The molecule has 2 saturated carbocycles. The van der Waals surface area contributed by atoms with Gasteiger partial charge in [-0.3, -0.25) is 19.3 Å². The van der Waals surface area contributed by atoms with E-state index in [-0.39, 0.29) is 58.8 Å². The number of hydrogen-bond acceptors (Lipinski definition) is 8. The number of aromatic nitrogens is 1. The first-order valence-corrected chi connectivity index (χ1v) is 16.2. The number of thiazole rings is 1. The summed E-state index contributed by atoms with van der Waals surface area (Å²) in [5, 5.41) is 1.30. The lowest BCUT2D eigenvalue weighted by molar-refractivity contribution is -0.145. The summed E-state index contributed by atoms with van der Waals surface area (Å²) in [6.07, 6.45) is 0.762. The van der Waals surface area contributed by atoms with Crippen molar-refractivity contribution in [3.63, 3.8) is 0 Å². The molecule has 2 amide bonds. The summed E-state index contributed by atoms with van der Waals surface area (Å²) in [6.45, 7) is 1.71. The van der Waals surface area contributed by atoms with E-state index in [2.05, 4.69) is 20.9 Å². The summed E-state index contributed by atoms with van der Waals surface area (Å²) in [5.74, 6) is -1.53. The number of hydrogen-bond donors (Lipinski definition) is 1. The van der Waals surface area contributed by atoms with Crippen molar-refractivity contribution < 1.29 is 23.9 Å². The van der Waals surface area contributed by atoms with Crippen LogP contribution in [0.1, 0.15) is 29.7 Å². The highest BCUT2D eigenvalue weighted by molar-refractivity contribution is 9.10. The van der Waals surface area contributed by atoms with Gasteiger partial charge in [-0.25, -0.2) is 4.79 Å². The average molecular weight is 676 g/mol. The smallest absolute Gasteiger partial charge is 0.344 e. The first-order valence-electron chi connectivity index (χ1n) is 13.4. The average Bonchev–Trinajstić information content (AvgIpc) is 3.67. The van der Waals surface area contributed by atoms with Crippen molar-refractivity contribution in [2.75, 3.05) is 18.1 Å². The van der Waals surface area contributed by atoms with E-state index >= 15 is 0 Å². The molecule has 41 heavy (non-hydrogen) atoms. The molecule has 3 fully saturated rings. The van der Waals surface area contributed by atoms with E-state index in [0.717, 1.165) is 37.7 Å². The van der Waals surface area contributed by atoms with Gasteiger partial charge in [-0.15, -0.1) is 11.8 Å². The number of imide groups is 1. The number of halogens is 2. The Bertz CT molecular complexity index is 1640. The Hall–Kier alpha value is -2.60. The number of nitrogens with one attached hydrogen (secondary N) is 1. The lowest BCUT2D eigenvalue weighted by atomic mass is 9.68. The van der Waals surface area contributed by atoms with Gasteiger partial charge in [-0.2, -0.15) is 0 Å². The number of ether oxygens (including phenoxy) is 2. The van der Waals surface area contributed by atoms with Gasteiger partial charge < -0.3 is 14.5 Å². The molecule has 4 aliphatic rings. The molecule has 12 heteroatoms. The maximum Gasteiger partial charge on any atom is 0.344 e. The Morgan fingerprint density at radius 3 is 2.56 bits per heavy atom. The van der Waals surface area contributed by atoms with Gasteiger partial charge in [0.2, 0.25) is 11.8 Å². The van der Waals surface area contributed by atoms with Gasteiger partial charge in [0.05, 0.1) is 29.2 Å². The van der Waals surface area contributed by atoms with Crippen molar-refractivity contribution in [1.29, 1.82) is 0 Å². The molecular weight excluding hydrogens is 652 g/mol. The SMILES string of the molecule is CCOC(=O)COc1ccc(Cl)cc1[C@H]1c2sc(=O)[nH]c2SC2C3CC(C4C(=O)N(c5ccc(Br)cc5)C(=O)C34)C21. The number of esters is 1. The molecule has 7 atom stereocenters. The fourth-order valence-electron chi connectivity index (χ4n) is 7.44. The summed E-state index contributed by atoms with van der Waals surface area (Å²) in [7, 11) is 0. The Balaban J connectivity index is 1.30. The fraction of sp³-hybridized carbons (Fsp3) is 0.379. The zero-order valence-electron chi connectivity index (χ0n) is 21.7. The summed E-state index contributed by atoms with van der Waals surface area (Å²) in [6, 6.07) is 12.5. The summed E-state index contributed by atoms with van der Waals surface area (Å²) < 4.78 is 11.9. The highest BCUT2D eigenvalue weighted by atomic mass is 79.9. The van der Waals surface area contributed by atoms with Crippen LogP contribution in [0.2, 0.25) is 5.02 Å². The first-order chi connectivity index (χ1) is 19.8. The molecule has 2 aliphatic heterocycles. The van der Waals surface area contributed by atoms with Gasteiger partial charge in [0.15, 0.2) is 6.61 Å². The lowest BCUT2D eigenvalue weighted by Gasteiger charge is -2.43. The predicted molar refractivity (Wildman–Crippen MR) is 159 cm³/mol. The van der Waals surface area contributed by atoms with Crippen molar-refractivity contribution in [3.05, 3.63) is 72.1 Å². The second-order valence-electron chi connectivity index (χ2n) is 10.7. The minimum absolute atomic E-state index is 0.0148. The number of anilines is 1. The number of fused-ring (bicyclic) bond motifs is 9. The molecule has 2 aromatic carbocycles. The van der Waals surface area contributed by atoms with E-state index in [4.69, 9.17) is 21.1 Å². The number of nitrogens with zero attached hydrogens (tertiary/aromatic N) is 1. The second kappa shape index (κ2) is 10.3. The summed E-state index contributed by atoms with van der Waals surface area (Å²) in [4.78, 5) is 57.5. The van der Waals surface area contributed by atoms with Crippen molar-refractivity contribution in [2.45, 2.75) is 29.5 Å². The number of benzene rings is 2. The third kappa shape index (κ3) is 4.30. The Labute approximate surface area is 256 Å². The molecule has 212 valence electrons. The van der Waals surface area contributed by atoms with Crippen LogP contribution in [0.3, 0.4) is 0 Å². The van der Waals surface area contributed by atoms with Crippen molar-refractivity contribution in [2.24, 2.45) is 29.6 Å². The molecule has 1 aromatic heterocycles. The zero-order chi connectivity index (χ0) is 28.6. The van der Waals surface area contributed by atoms with E-state index in [1.807, 2.05) is 18.2 Å². The maximum atomic E-state index is 13.9. The van der Waals surface area contributed by atoms with Crippen molar-refractivity contribution >= 4 is 74.1 Å². The highest BCUT2D eigenvalue weighted by Crippen LogP contribution is 2.69. The van der Waals surface area contributed by atoms with Gasteiger partial charge in [0.25, 0.3) is 0 Å². The molecule has 6 unspecified atom stereocenters. The van der Waals surface area contributed by atoms with Crippen LogP contribution in [0.5, 0.6) is 5.75 Å². The molecule has 7 rings (SSSR count). The maximum absolute atomic E-state index is 13.9. The molecular formula is C29H24BrClN2O6S2. The van der Waals surface area contributed by atoms with Crippen LogP contribution in [0.4, 0.5) is 5.69 Å². The standard InChI is InChI=1S/C29H24BrClN2O6S2/c1-2-38-19(34)11-39-18-8-5-13(31)9-15(18)20-21-16-10-17(24(21)40-26-25(20)41-29(37)32-26)23-22(16)27(35)33(28(23)36)14-6-3-12(30)4-7-14/h3-9,16-17,20-24H,2,10-11H2,1H3,(H,32,37)/t16?,17?,20-,21?,22?,23?,24?/m1/s1. The van der Waals surface area contributed by atoms with Gasteiger partial charge >= 0.3 is 10.8 Å². The topological polar surface area (TPSA) is 106 Å². The first kappa shape index (κ1) is 27.2. The minimum Gasteiger partial charge on any atom is -0.482 e. The monoisotopic (exact) mass is 674 g/mol. The Morgan fingerprint density at radius 1 is 1.10 bits per heavy atom. The van der Waals surface area contributed by atoms with Crippen LogP contribution < -0.4 is 14.5 Å². The van der Waals surface area contributed by atoms with Gasteiger partial charge in [-0.1, -0.05) is 38.9 Å². The number of carbonyl (C=O) groups is 3. The molecule has 0 radical (unpaired) electrons. The molecule has 2 bridgehead atoms. The molecule has 1 saturated heterocycles. The second-order valence-corrected chi connectivity index (χ2v) is 14.3. The fourth-order valence-corrected chi connectivity index (χ4v) is 10.8. The third-order valence-corrected chi connectivity index (χ3v) is 12.1. The number of amides is 2. The van der Waals surface area contributed by atoms with E-state index in [1.165, 1.54) is 4.90 Å². The van der Waals surface area contributed by atoms with Crippen LogP contribution in [0.15, 0.2) is 56.8 Å². The Kier molecular flexibility index (Phi) is 6.84. The van der Waals surface area contributed by atoms with Gasteiger partial charge in [0, 0.05) is 31.1 Å². The number of aromatic amines is 1. The van der Waals surface area contributed by atoms with Crippen LogP contribution in [-0.4, -0.2) is 41.2 Å². The van der Waals surface area contributed by atoms with E-state index in [9.17, 15) is 19.2 Å². The quantitative estimate of drug-likeness (QED) is 0.273. The minimum atomic E-state index is -0.483. The molecule has 3 heterocycles. The summed E-state index contributed by atoms with van der Waals surface area (Å²) in [5.41, 5.74) is 1.34. The molecule has 0 spiro atoms. The third-order valence-electron chi connectivity index (χ3n) is 8.77.